The van der Waals surface area contributed by atoms with Gasteiger partial charge in [0, 0.05) is 5.41 Å². The second-order valence-electron chi connectivity index (χ2n) is 6.02. The van der Waals surface area contributed by atoms with Crippen LogP contribution < -0.4 is 0 Å². The summed E-state index contributed by atoms with van der Waals surface area (Å²) in [7, 11) is 0. The lowest BCUT2D eigenvalue weighted by Gasteiger charge is -2.38. The van der Waals surface area contributed by atoms with Crippen LogP contribution in [0.25, 0.3) is 0 Å². The monoisotopic (exact) mass is 232 g/mol. The highest BCUT2D eigenvalue weighted by molar-refractivity contribution is 5.59. The zero-order valence-corrected chi connectivity index (χ0v) is 11.7. The summed E-state index contributed by atoms with van der Waals surface area (Å²) in [5, 5.41) is 0. The minimum Gasteiger partial charge on any atom is -0.303 e. The zero-order chi connectivity index (χ0) is 13.1. The molecule has 0 aliphatic carbocycles. The molecule has 17 heavy (non-hydrogen) atoms. The second-order valence-corrected chi connectivity index (χ2v) is 6.02. The number of carbonyl (C=O) groups is 1. The van der Waals surface area contributed by atoms with Crippen LogP contribution >= 0.6 is 0 Å². The van der Waals surface area contributed by atoms with Gasteiger partial charge in [-0.15, -0.1) is 0 Å². The Hall–Kier alpha value is -1.11. The van der Waals surface area contributed by atoms with Crippen LogP contribution in [0.3, 0.4) is 0 Å². The van der Waals surface area contributed by atoms with Crippen molar-refractivity contribution in [2.24, 2.45) is 10.8 Å². The molecule has 1 aromatic rings. The first-order chi connectivity index (χ1) is 7.84. The Morgan fingerprint density at radius 3 is 2.06 bits per heavy atom. The molecule has 0 amide bonds. The molecule has 0 saturated carbocycles. The van der Waals surface area contributed by atoms with Gasteiger partial charge in [0.1, 0.15) is 6.29 Å². The van der Waals surface area contributed by atoms with Crippen LogP contribution in [0.4, 0.5) is 0 Å². The number of rotatable bonds is 5. The Labute approximate surface area is 105 Å². The topological polar surface area (TPSA) is 17.1 Å². The molecule has 0 atom stereocenters. The van der Waals surface area contributed by atoms with Crippen molar-refractivity contribution in [2.75, 3.05) is 0 Å². The van der Waals surface area contributed by atoms with Gasteiger partial charge in [0.25, 0.3) is 0 Å². The van der Waals surface area contributed by atoms with Crippen LogP contribution in [-0.2, 0) is 17.6 Å². The van der Waals surface area contributed by atoms with Gasteiger partial charge in [-0.3, -0.25) is 0 Å². The van der Waals surface area contributed by atoms with Crippen molar-refractivity contribution in [3.05, 3.63) is 35.4 Å². The summed E-state index contributed by atoms with van der Waals surface area (Å²) in [6.07, 6.45) is 3.08. The fourth-order valence-electron chi connectivity index (χ4n) is 1.94. The molecule has 0 unspecified atom stereocenters. The first-order valence-corrected chi connectivity index (χ1v) is 6.37. The quantitative estimate of drug-likeness (QED) is 0.700. The molecular formula is C16H24O. The molecule has 0 spiro atoms. The van der Waals surface area contributed by atoms with E-state index in [1.54, 1.807) is 0 Å². The molecule has 0 N–H and O–H groups in total. The number of aryl methyl sites for hydroxylation is 1. The van der Waals surface area contributed by atoms with Crippen molar-refractivity contribution < 1.29 is 4.79 Å². The summed E-state index contributed by atoms with van der Waals surface area (Å²) < 4.78 is 0. The third kappa shape index (κ3) is 2.96. The van der Waals surface area contributed by atoms with E-state index < -0.39 is 0 Å². The van der Waals surface area contributed by atoms with Crippen molar-refractivity contribution in [3.8, 4) is 0 Å². The Kier molecular flexibility index (Phi) is 4.13. The standard InChI is InChI=1S/C16H24O/c1-6-13-9-7-8-10-14(13)11-15(2,3)16(4,5)12-17/h7-10,12H,6,11H2,1-5H3. The van der Waals surface area contributed by atoms with Crippen molar-refractivity contribution >= 4 is 6.29 Å². The lowest BCUT2D eigenvalue weighted by atomic mass is 9.65. The van der Waals surface area contributed by atoms with Gasteiger partial charge in [0.15, 0.2) is 0 Å². The molecule has 0 aromatic heterocycles. The van der Waals surface area contributed by atoms with Crippen molar-refractivity contribution in [3.63, 3.8) is 0 Å². The van der Waals surface area contributed by atoms with Gasteiger partial charge in [0.05, 0.1) is 0 Å². The molecule has 0 bridgehead atoms. The maximum absolute atomic E-state index is 11.2. The number of hydrogen-bond donors (Lipinski definition) is 0. The zero-order valence-electron chi connectivity index (χ0n) is 11.7. The molecule has 0 aliphatic heterocycles. The summed E-state index contributed by atoms with van der Waals surface area (Å²) in [5.41, 5.74) is 2.44. The van der Waals surface area contributed by atoms with Gasteiger partial charge in [-0.05, 0) is 29.4 Å². The summed E-state index contributed by atoms with van der Waals surface area (Å²) in [6.45, 7) is 10.6. The molecule has 0 aliphatic rings. The van der Waals surface area contributed by atoms with Crippen LogP contribution in [0.15, 0.2) is 24.3 Å². The number of carbonyl (C=O) groups excluding carboxylic acids is 1. The molecule has 0 radical (unpaired) electrons. The highest BCUT2D eigenvalue weighted by atomic mass is 16.1. The minimum atomic E-state index is -0.298. The molecule has 1 aromatic carbocycles. The molecule has 0 fully saturated rings. The van der Waals surface area contributed by atoms with Gasteiger partial charge in [0.2, 0.25) is 0 Å². The predicted molar refractivity (Wildman–Crippen MR) is 73.2 cm³/mol. The smallest absolute Gasteiger partial charge is 0.126 e. The maximum Gasteiger partial charge on any atom is 0.126 e. The van der Waals surface area contributed by atoms with Gasteiger partial charge in [-0.2, -0.15) is 0 Å². The lowest BCUT2D eigenvalue weighted by molar-refractivity contribution is -0.120. The summed E-state index contributed by atoms with van der Waals surface area (Å²) >= 11 is 0. The third-order valence-corrected chi connectivity index (χ3v) is 4.17. The van der Waals surface area contributed by atoms with Crippen molar-refractivity contribution in [1.82, 2.24) is 0 Å². The van der Waals surface area contributed by atoms with Crippen molar-refractivity contribution in [1.29, 1.82) is 0 Å². The van der Waals surface area contributed by atoms with Crippen LogP contribution in [0.2, 0.25) is 0 Å². The number of hydrogen-bond acceptors (Lipinski definition) is 1. The van der Waals surface area contributed by atoms with Crippen LogP contribution in [0.1, 0.15) is 45.7 Å². The molecule has 0 heterocycles. The van der Waals surface area contributed by atoms with E-state index in [0.29, 0.717) is 0 Å². The van der Waals surface area contributed by atoms with Crippen LogP contribution in [0, 0.1) is 10.8 Å². The normalized spacial score (nSPS) is 12.5. The average molecular weight is 232 g/mol. The molecule has 94 valence electrons. The summed E-state index contributed by atoms with van der Waals surface area (Å²) in [6, 6.07) is 8.53. The SMILES string of the molecule is CCc1ccccc1CC(C)(C)C(C)(C)C=O. The fraction of sp³-hybridized carbons (Fsp3) is 0.562. The molecular weight excluding hydrogens is 208 g/mol. The number of aldehydes is 1. The molecule has 1 heteroatoms. The second kappa shape index (κ2) is 5.03. The first kappa shape index (κ1) is 14.0. The van der Waals surface area contributed by atoms with E-state index in [1.807, 2.05) is 13.8 Å². The highest BCUT2D eigenvalue weighted by Crippen LogP contribution is 2.40. The van der Waals surface area contributed by atoms with E-state index >= 15 is 0 Å². The average Bonchev–Trinajstić information content (AvgIpc) is 2.29. The van der Waals surface area contributed by atoms with E-state index in [-0.39, 0.29) is 10.8 Å². The third-order valence-electron chi connectivity index (χ3n) is 4.17. The Morgan fingerprint density at radius 2 is 1.59 bits per heavy atom. The van der Waals surface area contributed by atoms with E-state index in [0.717, 1.165) is 19.1 Å². The lowest BCUT2D eigenvalue weighted by Crippen LogP contribution is -2.36. The van der Waals surface area contributed by atoms with Gasteiger partial charge >= 0.3 is 0 Å². The van der Waals surface area contributed by atoms with E-state index in [9.17, 15) is 4.79 Å². The molecule has 1 nitrogen and oxygen atoms in total. The van der Waals surface area contributed by atoms with Gasteiger partial charge in [-0.1, -0.05) is 58.9 Å². The number of benzene rings is 1. The van der Waals surface area contributed by atoms with E-state index in [4.69, 9.17) is 0 Å². The predicted octanol–water partition coefficient (Wildman–Crippen LogP) is 4.04. The molecule has 1 rings (SSSR count). The largest absolute Gasteiger partial charge is 0.303 e. The Bertz CT molecular complexity index is 388. The van der Waals surface area contributed by atoms with E-state index in [2.05, 4.69) is 45.0 Å². The van der Waals surface area contributed by atoms with Gasteiger partial charge in [-0.25, -0.2) is 0 Å². The van der Waals surface area contributed by atoms with Crippen LogP contribution in [-0.4, -0.2) is 6.29 Å². The first-order valence-electron chi connectivity index (χ1n) is 6.37. The minimum absolute atomic E-state index is 0.0278. The Morgan fingerprint density at radius 1 is 1.06 bits per heavy atom. The summed E-state index contributed by atoms with van der Waals surface area (Å²) in [4.78, 5) is 11.2. The maximum atomic E-state index is 11.2. The van der Waals surface area contributed by atoms with Crippen LogP contribution in [0.5, 0.6) is 0 Å². The van der Waals surface area contributed by atoms with Crippen molar-refractivity contribution in [2.45, 2.75) is 47.5 Å². The van der Waals surface area contributed by atoms with Gasteiger partial charge < -0.3 is 4.79 Å². The fourth-order valence-corrected chi connectivity index (χ4v) is 1.94. The Balaban J connectivity index is 3.01. The molecule has 0 saturated heterocycles. The summed E-state index contributed by atoms with van der Waals surface area (Å²) in [5.74, 6) is 0. The van der Waals surface area contributed by atoms with E-state index in [1.165, 1.54) is 11.1 Å². The highest BCUT2D eigenvalue weighted by Gasteiger charge is 2.36.